The van der Waals surface area contributed by atoms with E-state index in [9.17, 15) is 5.11 Å². The van der Waals surface area contributed by atoms with Crippen molar-refractivity contribution in [1.29, 1.82) is 0 Å². The summed E-state index contributed by atoms with van der Waals surface area (Å²) < 4.78 is 7.57. The van der Waals surface area contributed by atoms with Gasteiger partial charge in [-0.15, -0.1) is 0 Å². The molecule has 0 fully saturated rings. The molecule has 6 heteroatoms. The van der Waals surface area contributed by atoms with E-state index in [1.54, 1.807) is 13.2 Å². The number of benzene rings is 2. The highest BCUT2D eigenvalue weighted by atomic mass is 32.1. The highest BCUT2D eigenvalue weighted by molar-refractivity contribution is 7.71. The molecule has 0 aliphatic rings. The van der Waals surface area contributed by atoms with Crippen LogP contribution in [0.15, 0.2) is 42.5 Å². The molecule has 1 heterocycles. The molecule has 1 aromatic heterocycles. The maximum Gasteiger partial charge on any atom is 0.195 e. The smallest absolute Gasteiger partial charge is 0.195 e. The predicted octanol–water partition coefficient (Wildman–Crippen LogP) is 4.63. The second kappa shape index (κ2) is 7.85. The molecule has 5 nitrogen and oxygen atoms in total. The first-order valence-electron chi connectivity index (χ1n) is 8.55. The van der Waals surface area contributed by atoms with Crippen molar-refractivity contribution in [2.75, 3.05) is 7.11 Å². The highest BCUT2D eigenvalue weighted by Gasteiger charge is 2.15. The molecule has 0 radical (unpaired) electrons. The maximum absolute atomic E-state index is 10.4. The largest absolute Gasteiger partial charge is 0.507 e. The summed E-state index contributed by atoms with van der Waals surface area (Å²) in [6.45, 7) is 5.40. The molecule has 0 atom stereocenters. The van der Waals surface area contributed by atoms with Crippen molar-refractivity contribution in [1.82, 2.24) is 14.8 Å². The molecule has 0 aliphatic heterocycles. The van der Waals surface area contributed by atoms with Gasteiger partial charge in [-0.2, -0.15) is 5.10 Å². The van der Waals surface area contributed by atoms with Crippen molar-refractivity contribution in [3.05, 3.63) is 63.9 Å². The van der Waals surface area contributed by atoms with Gasteiger partial charge in [0.1, 0.15) is 5.75 Å². The van der Waals surface area contributed by atoms with Crippen LogP contribution in [-0.4, -0.2) is 27.0 Å². The Morgan fingerprint density at radius 2 is 1.85 bits per heavy atom. The molecule has 0 amide bonds. The van der Waals surface area contributed by atoms with Crippen LogP contribution >= 0.6 is 12.2 Å². The molecule has 0 spiro atoms. The van der Waals surface area contributed by atoms with Gasteiger partial charge in [0, 0.05) is 7.11 Å². The maximum atomic E-state index is 10.4. The minimum atomic E-state index is 0.195. The van der Waals surface area contributed by atoms with E-state index in [1.165, 1.54) is 0 Å². The van der Waals surface area contributed by atoms with Crippen LogP contribution in [0, 0.1) is 4.77 Å². The van der Waals surface area contributed by atoms with Crippen molar-refractivity contribution in [2.24, 2.45) is 0 Å². The third kappa shape index (κ3) is 3.86. The van der Waals surface area contributed by atoms with Gasteiger partial charge in [-0.3, -0.25) is 9.67 Å². The molecular weight excluding hydrogens is 346 g/mol. The molecule has 136 valence electrons. The lowest BCUT2D eigenvalue weighted by atomic mass is 10.00. The lowest BCUT2D eigenvalue weighted by molar-refractivity contribution is 0.185. The number of phenolic OH excluding ortho intramolecular Hbond substituents is 1. The number of hydrogen-bond acceptors (Lipinski definition) is 4. The van der Waals surface area contributed by atoms with E-state index in [-0.39, 0.29) is 5.75 Å². The monoisotopic (exact) mass is 369 g/mol. The number of nitrogens with one attached hydrogen (secondary N) is 1. The number of phenols is 1. The van der Waals surface area contributed by atoms with Crippen LogP contribution in [0.25, 0.3) is 11.4 Å². The molecule has 0 saturated heterocycles. The summed E-state index contributed by atoms with van der Waals surface area (Å²) in [5.74, 6) is 1.19. The van der Waals surface area contributed by atoms with E-state index in [1.807, 2.05) is 28.8 Å². The van der Waals surface area contributed by atoms with Gasteiger partial charge in [0.25, 0.3) is 0 Å². The fourth-order valence-corrected chi connectivity index (χ4v) is 3.05. The Morgan fingerprint density at radius 3 is 2.50 bits per heavy atom. The Balaban J connectivity index is 1.97. The third-order valence-corrected chi connectivity index (χ3v) is 4.67. The predicted molar refractivity (Wildman–Crippen MR) is 105 cm³/mol. The van der Waals surface area contributed by atoms with Gasteiger partial charge in [-0.1, -0.05) is 44.2 Å². The molecule has 2 N–H and O–H groups in total. The number of ether oxygens (including phenoxy) is 1. The van der Waals surface area contributed by atoms with E-state index in [0.717, 1.165) is 16.7 Å². The standard InChI is InChI=1S/C20H23N3O2S/c1-13(2)16-8-9-18(24)17(10-16)19-21-22-20(26)23(19)11-14-4-6-15(7-5-14)12-25-3/h4-10,13,24H,11-12H2,1-3H3,(H,22,26). The van der Waals surface area contributed by atoms with Crippen LogP contribution in [0.1, 0.15) is 36.5 Å². The van der Waals surface area contributed by atoms with Crippen molar-refractivity contribution in [3.63, 3.8) is 0 Å². The second-order valence-electron chi connectivity index (χ2n) is 6.62. The van der Waals surface area contributed by atoms with Gasteiger partial charge < -0.3 is 9.84 Å². The fourth-order valence-electron chi connectivity index (χ4n) is 2.85. The van der Waals surface area contributed by atoms with Crippen LogP contribution in [0.4, 0.5) is 0 Å². The van der Waals surface area contributed by atoms with E-state index in [4.69, 9.17) is 17.0 Å². The van der Waals surface area contributed by atoms with Crippen molar-refractivity contribution in [3.8, 4) is 17.1 Å². The Kier molecular flexibility index (Phi) is 5.54. The quantitative estimate of drug-likeness (QED) is 0.622. The Labute approximate surface area is 158 Å². The number of hydrogen-bond donors (Lipinski definition) is 2. The van der Waals surface area contributed by atoms with Crippen LogP contribution in [-0.2, 0) is 17.9 Å². The lowest BCUT2D eigenvalue weighted by Gasteiger charge is -2.12. The highest BCUT2D eigenvalue weighted by Crippen LogP contribution is 2.31. The first kappa shape index (κ1) is 18.4. The summed E-state index contributed by atoms with van der Waals surface area (Å²) in [7, 11) is 1.68. The zero-order chi connectivity index (χ0) is 18.7. The Morgan fingerprint density at radius 1 is 1.15 bits per heavy atom. The molecule has 0 unspecified atom stereocenters. The van der Waals surface area contributed by atoms with Gasteiger partial charge in [0.15, 0.2) is 10.6 Å². The molecule has 0 saturated carbocycles. The number of H-pyrrole nitrogens is 1. The summed E-state index contributed by atoms with van der Waals surface area (Å²) in [5, 5.41) is 17.6. The minimum Gasteiger partial charge on any atom is -0.507 e. The second-order valence-corrected chi connectivity index (χ2v) is 7.01. The number of methoxy groups -OCH3 is 1. The Hall–Kier alpha value is -2.44. The number of aromatic nitrogens is 3. The van der Waals surface area contributed by atoms with Crippen LogP contribution < -0.4 is 0 Å². The zero-order valence-corrected chi connectivity index (χ0v) is 16.0. The summed E-state index contributed by atoms with van der Waals surface area (Å²) in [4.78, 5) is 0. The topological polar surface area (TPSA) is 63.1 Å². The van der Waals surface area contributed by atoms with Crippen LogP contribution in [0.2, 0.25) is 0 Å². The molecule has 0 aliphatic carbocycles. The summed E-state index contributed by atoms with van der Waals surface area (Å²) in [6, 6.07) is 13.8. The molecule has 2 aromatic carbocycles. The lowest BCUT2D eigenvalue weighted by Crippen LogP contribution is -2.03. The summed E-state index contributed by atoms with van der Waals surface area (Å²) in [6.07, 6.45) is 0. The van der Waals surface area contributed by atoms with E-state index in [0.29, 0.717) is 35.2 Å². The molecular formula is C20H23N3O2S. The average Bonchev–Trinajstić information content (AvgIpc) is 2.98. The first-order valence-corrected chi connectivity index (χ1v) is 8.95. The van der Waals surface area contributed by atoms with Crippen molar-refractivity contribution < 1.29 is 9.84 Å². The Bertz CT molecular complexity index is 942. The number of aromatic hydroxyl groups is 1. The third-order valence-electron chi connectivity index (χ3n) is 4.36. The van der Waals surface area contributed by atoms with Crippen LogP contribution in [0.5, 0.6) is 5.75 Å². The van der Waals surface area contributed by atoms with Gasteiger partial charge in [0.05, 0.1) is 18.7 Å². The SMILES string of the molecule is COCc1ccc(Cn2c(-c3cc(C(C)C)ccc3O)n[nH]c2=S)cc1. The van der Waals surface area contributed by atoms with Crippen LogP contribution in [0.3, 0.4) is 0 Å². The number of rotatable bonds is 6. The number of aromatic amines is 1. The van der Waals surface area contributed by atoms with E-state index >= 15 is 0 Å². The summed E-state index contributed by atoms with van der Waals surface area (Å²) >= 11 is 5.41. The zero-order valence-electron chi connectivity index (χ0n) is 15.2. The van der Waals surface area contributed by atoms with Gasteiger partial charge in [0.2, 0.25) is 0 Å². The van der Waals surface area contributed by atoms with Gasteiger partial charge in [-0.25, -0.2) is 0 Å². The van der Waals surface area contributed by atoms with Gasteiger partial charge in [-0.05, 0) is 47.0 Å². The fraction of sp³-hybridized carbons (Fsp3) is 0.300. The molecule has 3 rings (SSSR count). The molecule has 0 bridgehead atoms. The molecule has 26 heavy (non-hydrogen) atoms. The van der Waals surface area contributed by atoms with Crippen molar-refractivity contribution >= 4 is 12.2 Å². The van der Waals surface area contributed by atoms with Gasteiger partial charge >= 0.3 is 0 Å². The van der Waals surface area contributed by atoms with Crippen molar-refractivity contribution in [2.45, 2.75) is 32.9 Å². The first-order chi connectivity index (χ1) is 12.5. The minimum absolute atomic E-state index is 0.195. The average molecular weight is 369 g/mol. The van der Waals surface area contributed by atoms with E-state index < -0.39 is 0 Å². The van der Waals surface area contributed by atoms with E-state index in [2.05, 4.69) is 36.2 Å². The molecule has 3 aromatic rings. The normalized spacial score (nSPS) is 11.2. The number of nitrogens with zero attached hydrogens (tertiary/aromatic N) is 2. The summed E-state index contributed by atoms with van der Waals surface area (Å²) in [5.41, 5.74) is 4.04.